The molecular weight excluding hydrogens is 400 g/mol. The largest absolute Gasteiger partial charge is 0.435 e. The molecule has 0 bridgehead atoms. The summed E-state index contributed by atoms with van der Waals surface area (Å²) < 4.78 is 54.5. The molecule has 1 aliphatic carbocycles. The van der Waals surface area contributed by atoms with Crippen molar-refractivity contribution in [1.29, 1.82) is 0 Å². The highest BCUT2D eigenvalue weighted by atomic mass is 19.4. The normalized spacial score (nSPS) is 19.2. The molecule has 0 radical (unpaired) electrons. The summed E-state index contributed by atoms with van der Waals surface area (Å²) in [4.78, 5) is 16.7. The minimum absolute atomic E-state index is 0.0430. The van der Waals surface area contributed by atoms with Crippen LogP contribution in [0.3, 0.4) is 0 Å². The van der Waals surface area contributed by atoms with E-state index in [2.05, 4.69) is 10.00 Å². The van der Waals surface area contributed by atoms with Crippen molar-refractivity contribution in [3.8, 4) is 0 Å². The van der Waals surface area contributed by atoms with Crippen molar-refractivity contribution in [2.24, 2.45) is 0 Å². The molecule has 1 saturated heterocycles. The van der Waals surface area contributed by atoms with Crippen molar-refractivity contribution in [1.82, 2.24) is 19.6 Å². The molecule has 5 nitrogen and oxygen atoms in total. The molecule has 2 aromatic rings. The molecule has 2 fully saturated rings. The molecule has 4 rings (SSSR count). The third-order valence-corrected chi connectivity index (χ3v) is 5.81. The fourth-order valence-electron chi connectivity index (χ4n) is 3.90. The van der Waals surface area contributed by atoms with E-state index in [1.54, 1.807) is 30.0 Å². The summed E-state index contributed by atoms with van der Waals surface area (Å²) in [5, 5.41) is 3.73. The van der Waals surface area contributed by atoms with E-state index >= 15 is 0 Å². The Kier molecular flexibility index (Phi) is 5.57. The summed E-state index contributed by atoms with van der Waals surface area (Å²) in [5.74, 6) is -0.447. The Hall–Kier alpha value is -2.42. The average Bonchev–Trinajstić information content (AvgIpc) is 3.46. The maximum atomic E-state index is 13.9. The molecule has 0 spiro atoms. The highest BCUT2D eigenvalue weighted by Gasteiger charge is 2.39. The minimum Gasteiger partial charge on any atom is -0.338 e. The molecule has 1 atom stereocenters. The van der Waals surface area contributed by atoms with Crippen LogP contribution in [0.25, 0.3) is 0 Å². The van der Waals surface area contributed by atoms with Gasteiger partial charge in [0.15, 0.2) is 5.69 Å². The summed E-state index contributed by atoms with van der Waals surface area (Å²) in [5.41, 5.74) is 0.149. The summed E-state index contributed by atoms with van der Waals surface area (Å²) >= 11 is 0. The molecular formula is C21H24F4N4O. The van der Waals surface area contributed by atoms with Gasteiger partial charge in [0.2, 0.25) is 5.91 Å². The summed E-state index contributed by atoms with van der Waals surface area (Å²) in [6.07, 6.45) is -2.90. The molecule has 1 saturated carbocycles. The molecule has 2 heterocycles. The fraction of sp³-hybridized carbons (Fsp3) is 0.524. The second-order valence-corrected chi connectivity index (χ2v) is 8.04. The van der Waals surface area contributed by atoms with Crippen LogP contribution in [0.15, 0.2) is 30.3 Å². The Balaban J connectivity index is 1.41. The predicted octanol–water partition coefficient (Wildman–Crippen LogP) is 3.82. The Morgan fingerprint density at radius 1 is 1.17 bits per heavy atom. The van der Waals surface area contributed by atoms with Gasteiger partial charge in [-0.1, -0.05) is 18.2 Å². The van der Waals surface area contributed by atoms with Gasteiger partial charge >= 0.3 is 6.18 Å². The van der Waals surface area contributed by atoms with Gasteiger partial charge in [0.05, 0.1) is 0 Å². The van der Waals surface area contributed by atoms with Crippen molar-refractivity contribution in [3.05, 3.63) is 53.1 Å². The van der Waals surface area contributed by atoms with Crippen LogP contribution in [-0.4, -0.2) is 51.7 Å². The third-order valence-electron chi connectivity index (χ3n) is 5.81. The van der Waals surface area contributed by atoms with Gasteiger partial charge in [-0.05, 0) is 31.9 Å². The predicted molar refractivity (Wildman–Crippen MR) is 102 cm³/mol. The number of piperazine rings is 1. The molecule has 30 heavy (non-hydrogen) atoms. The highest BCUT2D eigenvalue weighted by Crippen LogP contribution is 2.43. The lowest BCUT2D eigenvalue weighted by atomic mass is 10.1. The molecule has 1 amide bonds. The zero-order valence-electron chi connectivity index (χ0n) is 16.7. The first kappa shape index (κ1) is 20.8. The summed E-state index contributed by atoms with van der Waals surface area (Å²) in [6, 6.07) is 6.88. The van der Waals surface area contributed by atoms with Gasteiger partial charge in [0, 0.05) is 49.9 Å². The Labute approximate surface area is 172 Å². The van der Waals surface area contributed by atoms with Gasteiger partial charge in [-0.2, -0.15) is 18.3 Å². The average molecular weight is 424 g/mol. The van der Waals surface area contributed by atoms with Crippen LogP contribution in [0, 0.1) is 5.82 Å². The number of carbonyl (C=O) groups is 1. The zero-order valence-corrected chi connectivity index (χ0v) is 16.7. The first-order valence-electron chi connectivity index (χ1n) is 10.1. The number of carbonyl (C=O) groups excluding carboxylic acids is 1. The number of nitrogens with zero attached hydrogens (tertiary/aromatic N) is 4. The molecule has 0 N–H and O–H groups in total. The zero-order chi connectivity index (χ0) is 21.5. The van der Waals surface area contributed by atoms with Gasteiger partial charge in [-0.15, -0.1) is 0 Å². The van der Waals surface area contributed by atoms with Crippen molar-refractivity contribution in [2.75, 3.05) is 26.2 Å². The van der Waals surface area contributed by atoms with E-state index in [1.165, 1.54) is 10.7 Å². The molecule has 1 aliphatic heterocycles. The second kappa shape index (κ2) is 8.02. The maximum absolute atomic E-state index is 13.9. The molecule has 1 aromatic carbocycles. The number of amides is 1. The lowest BCUT2D eigenvalue weighted by Crippen LogP contribution is -2.50. The van der Waals surface area contributed by atoms with Gasteiger partial charge in [-0.3, -0.25) is 14.4 Å². The standard InChI is InChI=1S/C21H24F4N4O/c1-14(29-18(15-6-7-15)12-19(26-29)21(23,24)25)20(30)28-10-8-27(9-11-28)13-16-4-2-3-5-17(16)22/h2-5,12,14-15H,6-11,13H2,1H3. The Bertz CT molecular complexity index is 914. The van der Waals surface area contributed by atoms with Crippen molar-refractivity contribution < 1.29 is 22.4 Å². The molecule has 9 heteroatoms. The van der Waals surface area contributed by atoms with Crippen molar-refractivity contribution in [2.45, 2.75) is 44.4 Å². The highest BCUT2D eigenvalue weighted by molar-refractivity contribution is 5.80. The first-order chi connectivity index (χ1) is 14.2. The number of alkyl halides is 3. The van der Waals surface area contributed by atoms with Crippen LogP contribution in [0.2, 0.25) is 0 Å². The number of benzene rings is 1. The van der Waals surface area contributed by atoms with E-state index in [0.29, 0.717) is 44.0 Å². The number of hydrogen-bond acceptors (Lipinski definition) is 3. The van der Waals surface area contributed by atoms with Crippen LogP contribution in [-0.2, 0) is 17.5 Å². The lowest BCUT2D eigenvalue weighted by molar-refractivity contribution is -0.143. The van der Waals surface area contributed by atoms with Gasteiger partial charge in [0.1, 0.15) is 11.9 Å². The van der Waals surface area contributed by atoms with Gasteiger partial charge < -0.3 is 4.90 Å². The van der Waals surface area contributed by atoms with E-state index in [-0.39, 0.29) is 17.6 Å². The van der Waals surface area contributed by atoms with Crippen LogP contribution in [0.4, 0.5) is 17.6 Å². The summed E-state index contributed by atoms with van der Waals surface area (Å²) in [7, 11) is 0. The summed E-state index contributed by atoms with van der Waals surface area (Å²) in [6.45, 7) is 4.12. The monoisotopic (exact) mass is 424 g/mol. The molecule has 1 unspecified atom stereocenters. The van der Waals surface area contributed by atoms with E-state index in [4.69, 9.17) is 0 Å². The SMILES string of the molecule is CC(C(=O)N1CCN(Cc2ccccc2F)CC1)n1nc(C(F)(F)F)cc1C1CC1. The van der Waals surface area contributed by atoms with Gasteiger partial charge in [-0.25, -0.2) is 4.39 Å². The maximum Gasteiger partial charge on any atom is 0.435 e. The number of hydrogen-bond donors (Lipinski definition) is 0. The van der Waals surface area contributed by atoms with Crippen LogP contribution >= 0.6 is 0 Å². The van der Waals surface area contributed by atoms with E-state index < -0.39 is 17.9 Å². The van der Waals surface area contributed by atoms with Crippen LogP contribution < -0.4 is 0 Å². The molecule has 2 aliphatic rings. The smallest absolute Gasteiger partial charge is 0.338 e. The molecule has 162 valence electrons. The fourth-order valence-corrected chi connectivity index (χ4v) is 3.90. The van der Waals surface area contributed by atoms with E-state index in [1.807, 2.05) is 0 Å². The quantitative estimate of drug-likeness (QED) is 0.686. The van der Waals surface area contributed by atoms with E-state index in [0.717, 1.165) is 18.9 Å². The van der Waals surface area contributed by atoms with E-state index in [9.17, 15) is 22.4 Å². The molecule has 1 aromatic heterocycles. The van der Waals surface area contributed by atoms with Gasteiger partial charge in [0.25, 0.3) is 0 Å². The van der Waals surface area contributed by atoms with Crippen molar-refractivity contribution >= 4 is 5.91 Å². The minimum atomic E-state index is -4.53. The van der Waals surface area contributed by atoms with Crippen LogP contribution in [0.5, 0.6) is 0 Å². The van der Waals surface area contributed by atoms with Crippen LogP contribution in [0.1, 0.15) is 48.7 Å². The Morgan fingerprint density at radius 2 is 1.83 bits per heavy atom. The van der Waals surface area contributed by atoms with Crippen molar-refractivity contribution in [3.63, 3.8) is 0 Å². The first-order valence-corrected chi connectivity index (χ1v) is 10.1. The Morgan fingerprint density at radius 3 is 2.43 bits per heavy atom. The second-order valence-electron chi connectivity index (χ2n) is 8.04. The number of aromatic nitrogens is 2. The number of rotatable bonds is 5. The topological polar surface area (TPSA) is 41.4 Å². The number of halogens is 4. The third kappa shape index (κ3) is 4.35. The lowest BCUT2D eigenvalue weighted by Gasteiger charge is -2.36.